The highest BCUT2D eigenvalue weighted by molar-refractivity contribution is 7.17. The van der Waals surface area contributed by atoms with Gasteiger partial charge >= 0.3 is 5.97 Å². The highest BCUT2D eigenvalue weighted by Crippen LogP contribution is 2.38. The average molecular weight is 505 g/mol. The van der Waals surface area contributed by atoms with E-state index >= 15 is 0 Å². The summed E-state index contributed by atoms with van der Waals surface area (Å²) in [5, 5.41) is 22.6. The SMILES string of the molecule is CCOC(=O)c1c(NC(=O)c2ccc(N=Cc3c(O)[nH]c(=O)c(C#N)c3C)cc2)sc2c1CCCC2. The van der Waals surface area contributed by atoms with E-state index in [0.717, 1.165) is 36.1 Å². The number of aliphatic imine (C=N–C) groups is 1. The zero-order valence-electron chi connectivity index (χ0n) is 19.8. The first-order valence-electron chi connectivity index (χ1n) is 11.5. The fraction of sp³-hybridized carbons (Fsp3) is 0.269. The van der Waals surface area contributed by atoms with Gasteiger partial charge < -0.3 is 15.2 Å². The molecule has 3 aromatic rings. The van der Waals surface area contributed by atoms with Gasteiger partial charge in [0.2, 0.25) is 5.88 Å². The Morgan fingerprint density at radius 3 is 2.69 bits per heavy atom. The molecule has 36 heavy (non-hydrogen) atoms. The summed E-state index contributed by atoms with van der Waals surface area (Å²) in [7, 11) is 0. The molecule has 0 aliphatic heterocycles. The number of thiophene rings is 1. The minimum Gasteiger partial charge on any atom is -0.494 e. The number of amides is 1. The number of carbonyl (C=O) groups is 2. The maximum atomic E-state index is 12.9. The van der Waals surface area contributed by atoms with Gasteiger partial charge in [0.15, 0.2) is 0 Å². The van der Waals surface area contributed by atoms with Crippen molar-refractivity contribution in [1.29, 1.82) is 5.26 Å². The molecule has 0 fully saturated rings. The number of carbonyl (C=O) groups excluding carboxylic acids is 2. The van der Waals surface area contributed by atoms with Gasteiger partial charge in [0.25, 0.3) is 11.5 Å². The summed E-state index contributed by atoms with van der Waals surface area (Å²) in [6, 6.07) is 8.26. The number of hydrogen-bond donors (Lipinski definition) is 3. The molecule has 2 aromatic heterocycles. The van der Waals surface area contributed by atoms with Crippen molar-refractivity contribution in [2.24, 2.45) is 4.99 Å². The number of pyridine rings is 1. The third-order valence-corrected chi connectivity index (χ3v) is 7.16. The maximum Gasteiger partial charge on any atom is 0.341 e. The van der Waals surface area contributed by atoms with Crippen molar-refractivity contribution in [3.05, 3.63) is 72.9 Å². The van der Waals surface area contributed by atoms with E-state index in [4.69, 9.17) is 10.00 Å². The Hall–Kier alpha value is -4.23. The van der Waals surface area contributed by atoms with E-state index < -0.39 is 11.5 Å². The highest BCUT2D eigenvalue weighted by atomic mass is 32.1. The molecule has 1 amide bonds. The number of rotatable bonds is 6. The lowest BCUT2D eigenvalue weighted by atomic mass is 9.95. The van der Waals surface area contributed by atoms with Crippen LogP contribution in [0.3, 0.4) is 0 Å². The molecular formula is C26H24N4O5S. The molecule has 3 N–H and O–H groups in total. The zero-order valence-corrected chi connectivity index (χ0v) is 20.6. The fourth-order valence-electron chi connectivity index (χ4n) is 4.10. The van der Waals surface area contributed by atoms with Crippen LogP contribution in [0.25, 0.3) is 0 Å². The molecule has 2 heterocycles. The fourth-order valence-corrected chi connectivity index (χ4v) is 5.37. The number of esters is 1. The van der Waals surface area contributed by atoms with E-state index in [9.17, 15) is 19.5 Å². The summed E-state index contributed by atoms with van der Waals surface area (Å²) in [4.78, 5) is 44.9. The first-order valence-corrected chi connectivity index (χ1v) is 12.3. The van der Waals surface area contributed by atoms with Crippen LogP contribution in [0.15, 0.2) is 34.1 Å². The Bertz CT molecular complexity index is 1460. The molecular weight excluding hydrogens is 480 g/mol. The molecule has 0 saturated heterocycles. The Labute approximate surface area is 211 Å². The van der Waals surface area contributed by atoms with Crippen LogP contribution >= 0.6 is 11.3 Å². The summed E-state index contributed by atoms with van der Waals surface area (Å²) in [5.74, 6) is -1.16. The van der Waals surface area contributed by atoms with Gasteiger partial charge in [0.1, 0.15) is 16.6 Å². The van der Waals surface area contributed by atoms with Crippen LogP contribution in [0, 0.1) is 18.3 Å². The van der Waals surface area contributed by atoms with Gasteiger partial charge in [-0.05, 0) is 74.9 Å². The number of nitrogens with zero attached hydrogens (tertiary/aromatic N) is 2. The monoisotopic (exact) mass is 504 g/mol. The largest absolute Gasteiger partial charge is 0.494 e. The summed E-state index contributed by atoms with van der Waals surface area (Å²) in [6.45, 7) is 3.56. The molecule has 1 aliphatic rings. The number of aromatic amines is 1. The smallest absolute Gasteiger partial charge is 0.341 e. The van der Waals surface area contributed by atoms with E-state index in [1.807, 2.05) is 6.07 Å². The van der Waals surface area contributed by atoms with Crippen LogP contribution in [0.4, 0.5) is 10.7 Å². The van der Waals surface area contributed by atoms with Gasteiger partial charge in [0.05, 0.1) is 23.4 Å². The number of fused-ring (bicyclic) bond motifs is 1. The first kappa shape index (κ1) is 24.9. The number of H-pyrrole nitrogens is 1. The van der Waals surface area contributed by atoms with Crippen molar-refractivity contribution in [3.8, 4) is 11.9 Å². The van der Waals surface area contributed by atoms with Crippen molar-refractivity contribution in [2.75, 3.05) is 11.9 Å². The van der Waals surface area contributed by atoms with Crippen molar-refractivity contribution in [3.63, 3.8) is 0 Å². The Balaban J connectivity index is 1.54. The van der Waals surface area contributed by atoms with Crippen LogP contribution in [-0.4, -0.2) is 34.8 Å². The molecule has 184 valence electrons. The minimum atomic E-state index is -0.669. The predicted molar refractivity (Wildman–Crippen MR) is 137 cm³/mol. The van der Waals surface area contributed by atoms with Crippen molar-refractivity contribution in [2.45, 2.75) is 39.5 Å². The van der Waals surface area contributed by atoms with Gasteiger partial charge in [-0.3, -0.25) is 19.6 Å². The molecule has 0 radical (unpaired) electrons. The van der Waals surface area contributed by atoms with Crippen LogP contribution in [0.5, 0.6) is 5.88 Å². The van der Waals surface area contributed by atoms with Crippen molar-refractivity contribution < 1.29 is 19.4 Å². The molecule has 1 aromatic carbocycles. The van der Waals surface area contributed by atoms with E-state index in [1.165, 1.54) is 17.6 Å². The zero-order chi connectivity index (χ0) is 25.8. The number of aromatic nitrogens is 1. The molecule has 9 nitrogen and oxygen atoms in total. The van der Waals surface area contributed by atoms with Crippen molar-refractivity contribution in [1.82, 2.24) is 4.98 Å². The van der Waals surface area contributed by atoms with Gasteiger partial charge in [0, 0.05) is 16.7 Å². The summed E-state index contributed by atoms with van der Waals surface area (Å²) in [5.41, 5.74) is 2.08. The molecule has 1 aliphatic carbocycles. The molecule has 0 bridgehead atoms. The first-order chi connectivity index (χ1) is 17.3. The predicted octanol–water partition coefficient (Wildman–Crippen LogP) is 4.38. The highest BCUT2D eigenvalue weighted by Gasteiger charge is 2.27. The second-order valence-corrected chi connectivity index (χ2v) is 9.33. The van der Waals surface area contributed by atoms with Gasteiger partial charge in [-0.1, -0.05) is 0 Å². The summed E-state index contributed by atoms with van der Waals surface area (Å²) in [6.07, 6.45) is 5.08. The lowest BCUT2D eigenvalue weighted by Gasteiger charge is -2.12. The molecule has 0 saturated carbocycles. The number of nitriles is 1. The Kier molecular flexibility index (Phi) is 7.31. The minimum absolute atomic E-state index is 0.0984. The van der Waals surface area contributed by atoms with Gasteiger partial charge in [-0.25, -0.2) is 4.79 Å². The second kappa shape index (κ2) is 10.6. The summed E-state index contributed by atoms with van der Waals surface area (Å²) < 4.78 is 5.24. The van der Waals surface area contributed by atoms with E-state index in [1.54, 1.807) is 38.1 Å². The lowest BCUT2D eigenvalue weighted by Crippen LogP contribution is -2.15. The number of benzene rings is 1. The Morgan fingerprint density at radius 1 is 1.28 bits per heavy atom. The number of anilines is 1. The quantitative estimate of drug-likeness (QED) is 0.336. The molecule has 0 atom stereocenters. The number of ether oxygens (including phenoxy) is 1. The van der Waals surface area contributed by atoms with Gasteiger partial charge in [-0.15, -0.1) is 11.3 Å². The third kappa shape index (κ3) is 4.92. The van der Waals surface area contributed by atoms with E-state index in [2.05, 4.69) is 15.3 Å². The van der Waals surface area contributed by atoms with E-state index in [0.29, 0.717) is 27.4 Å². The van der Waals surface area contributed by atoms with Crippen LogP contribution in [-0.2, 0) is 17.6 Å². The number of aromatic hydroxyl groups is 1. The van der Waals surface area contributed by atoms with Crippen LogP contribution in [0.1, 0.15) is 67.6 Å². The molecule has 4 rings (SSSR count). The molecule has 10 heteroatoms. The van der Waals surface area contributed by atoms with Crippen LogP contribution in [0.2, 0.25) is 0 Å². The maximum absolute atomic E-state index is 12.9. The van der Waals surface area contributed by atoms with Crippen LogP contribution < -0.4 is 10.9 Å². The third-order valence-electron chi connectivity index (χ3n) is 5.96. The molecule has 0 spiro atoms. The molecule has 0 unspecified atom stereocenters. The Morgan fingerprint density at radius 2 is 2.00 bits per heavy atom. The van der Waals surface area contributed by atoms with Gasteiger partial charge in [-0.2, -0.15) is 5.26 Å². The lowest BCUT2D eigenvalue weighted by molar-refractivity contribution is 0.0526. The topological polar surface area (TPSA) is 145 Å². The normalized spacial score (nSPS) is 12.7. The number of nitrogens with one attached hydrogen (secondary N) is 2. The average Bonchev–Trinajstić information content (AvgIpc) is 3.22. The summed E-state index contributed by atoms with van der Waals surface area (Å²) >= 11 is 1.43. The van der Waals surface area contributed by atoms with Crippen molar-refractivity contribution >= 4 is 40.1 Å². The number of aryl methyl sites for hydroxylation is 1. The second-order valence-electron chi connectivity index (χ2n) is 8.22. The number of hydrogen-bond acceptors (Lipinski definition) is 8. The standard InChI is InChI=1S/C26H24N4O5S/c1-3-35-26(34)21-17-6-4-5-7-20(17)36-25(21)30-22(31)15-8-10-16(11-9-15)28-13-19-14(2)18(12-27)23(32)29-24(19)33/h8-11,13H,3-7H2,1-2H3,(H,30,31)(H2,29,32,33). The van der Waals surface area contributed by atoms with E-state index in [-0.39, 0.29) is 29.5 Å².